The van der Waals surface area contributed by atoms with Crippen LogP contribution < -0.4 is 10.6 Å². The molecule has 0 spiro atoms. The number of nitrogens with one attached hydrogen (secondary N) is 2. The smallest absolute Gasteiger partial charge is 0.224 e. The molecule has 2 fully saturated rings. The molecule has 20 heavy (non-hydrogen) atoms. The number of aromatic nitrogens is 3. The Morgan fingerprint density at radius 3 is 2.80 bits per heavy atom. The molecule has 3 rings (SSSR count). The van der Waals surface area contributed by atoms with Crippen LogP contribution in [0.3, 0.4) is 0 Å². The second-order valence-electron chi connectivity index (χ2n) is 6.10. The summed E-state index contributed by atoms with van der Waals surface area (Å²) in [5.41, 5.74) is 0. The second-order valence-corrected chi connectivity index (χ2v) is 6.10. The monoisotopic (exact) mass is 277 g/mol. The molecule has 0 amide bonds. The first-order valence-electron chi connectivity index (χ1n) is 8.26. The van der Waals surface area contributed by atoms with Gasteiger partial charge in [-0.3, -0.25) is 4.57 Å². The third-order valence-corrected chi connectivity index (χ3v) is 4.89. The highest BCUT2D eigenvalue weighted by atomic mass is 15.4. The third-order valence-electron chi connectivity index (χ3n) is 4.89. The molecule has 3 unspecified atom stereocenters. The van der Waals surface area contributed by atoms with Crippen molar-refractivity contribution in [3.05, 3.63) is 5.82 Å². The van der Waals surface area contributed by atoms with Gasteiger partial charge in [0, 0.05) is 19.1 Å². The highest BCUT2D eigenvalue weighted by Gasteiger charge is 2.34. The van der Waals surface area contributed by atoms with Gasteiger partial charge in [-0.1, -0.05) is 12.8 Å². The zero-order valence-electron chi connectivity index (χ0n) is 12.7. The average molecular weight is 277 g/mol. The number of hydrogen-bond acceptors (Lipinski definition) is 4. The number of fused-ring (bicyclic) bond motifs is 1. The van der Waals surface area contributed by atoms with Crippen molar-refractivity contribution in [2.24, 2.45) is 5.92 Å². The lowest BCUT2D eigenvalue weighted by Gasteiger charge is -2.40. The summed E-state index contributed by atoms with van der Waals surface area (Å²) in [4.78, 5) is 0. The number of anilines is 1. The Balaban J connectivity index is 1.75. The molecular weight excluding hydrogens is 250 g/mol. The van der Waals surface area contributed by atoms with Gasteiger partial charge >= 0.3 is 0 Å². The van der Waals surface area contributed by atoms with Gasteiger partial charge in [0.15, 0.2) is 5.82 Å². The van der Waals surface area contributed by atoms with Gasteiger partial charge in [-0.2, -0.15) is 0 Å². The highest BCUT2D eigenvalue weighted by molar-refractivity contribution is 5.26. The van der Waals surface area contributed by atoms with Crippen molar-refractivity contribution in [2.75, 3.05) is 11.9 Å². The normalized spacial score (nSPS) is 30.0. The molecule has 5 heteroatoms. The maximum Gasteiger partial charge on any atom is 0.224 e. The maximum atomic E-state index is 4.45. The van der Waals surface area contributed by atoms with Gasteiger partial charge in [0.1, 0.15) is 0 Å². The fourth-order valence-electron chi connectivity index (χ4n) is 3.87. The molecule has 1 aliphatic carbocycles. The number of nitrogens with zero attached hydrogens (tertiary/aromatic N) is 3. The molecule has 1 saturated heterocycles. The Hall–Kier alpha value is -1.10. The quantitative estimate of drug-likeness (QED) is 0.888. The Morgan fingerprint density at radius 1 is 1.15 bits per heavy atom. The zero-order valence-corrected chi connectivity index (χ0v) is 12.7. The summed E-state index contributed by atoms with van der Waals surface area (Å²) in [7, 11) is 0. The van der Waals surface area contributed by atoms with E-state index in [0.29, 0.717) is 12.1 Å². The van der Waals surface area contributed by atoms with E-state index in [-0.39, 0.29) is 0 Å². The van der Waals surface area contributed by atoms with E-state index in [9.17, 15) is 0 Å². The minimum Gasteiger partial charge on any atom is -0.355 e. The molecule has 112 valence electrons. The predicted octanol–water partition coefficient (Wildman–Crippen LogP) is 2.71. The van der Waals surface area contributed by atoms with E-state index in [1.807, 2.05) is 0 Å². The first-order chi connectivity index (χ1) is 9.83. The lowest BCUT2D eigenvalue weighted by molar-refractivity contribution is 0.171. The molecule has 0 bridgehead atoms. The van der Waals surface area contributed by atoms with Crippen LogP contribution >= 0.6 is 0 Å². The molecule has 1 aromatic heterocycles. The number of hydrogen-bond donors (Lipinski definition) is 2. The molecule has 2 N–H and O–H groups in total. The van der Waals surface area contributed by atoms with Crippen LogP contribution in [0, 0.1) is 5.92 Å². The van der Waals surface area contributed by atoms with Crippen molar-refractivity contribution in [2.45, 2.75) is 71.0 Å². The molecule has 3 atom stereocenters. The minimum atomic E-state index is 0.384. The summed E-state index contributed by atoms with van der Waals surface area (Å²) >= 11 is 0. The van der Waals surface area contributed by atoms with Gasteiger partial charge in [-0.15, -0.1) is 10.2 Å². The zero-order chi connectivity index (χ0) is 13.9. The second kappa shape index (κ2) is 6.12. The lowest BCUT2D eigenvalue weighted by atomic mass is 9.77. The molecule has 1 aromatic rings. The Kier molecular flexibility index (Phi) is 4.24. The van der Waals surface area contributed by atoms with E-state index in [4.69, 9.17) is 0 Å². The van der Waals surface area contributed by atoms with Crippen molar-refractivity contribution in [1.82, 2.24) is 20.1 Å². The van der Waals surface area contributed by atoms with Gasteiger partial charge < -0.3 is 10.6 Å². The predicted molar refractivity (Wildman–Crippen MR) is 80.7 cm³/mol. The van der Waals surface area contributed by atoms with E-state index in [1.165, 1.54) is 38.5 Å². The van der Waals surface area contributed by atoms with Gasteiger partial charge in [0.05, 0.1) is 6.04 Å². The van der Waals surface area contributed by atoms with Crippen LogP contribution in [0.1, 0.15) is 64.2 Å². The van der Waals surface area contributed by atoms with Crippen LogP contribution in [0.5, 0.6) is 0 Å². The van der Waals surface area contributed by atoms with Gasteiger partial charge in [0.25, 0.3) is 0 Å². The van der Waals surface area contributed by atoms with Crippen LogP contribution in [-0.2, 0) is 6.54 Å². The Morgan fingerprint density at radius 2 is 2.00 bits per heavy atom. The molecule has 0 aromatic carbocycles. The van der Waals surface area contributed by atoms with Crippen LogP contribution in [-0.4, -0.2) is 27.4 Å². The van der Waals surface area contributed by atoms with E-state index in [1.54, 1.807) is 0 Å². The third kappa shape index (κ3) is 2.55. The maximum absolute atomic E-state index is 4.45. The first-order valence-corrected chi connectivity index (χ1v) is 8.26. The molecule has 0 radical (unpaired) electrons. The average Bonchev–Trinajstić information content (AvgIpc) is 2.90. The number of piperidine rings is 1. The molecule has 5 nitrogen and oxygen atoms in total. The van der Waals surface area contributed by atoms with Gasteiger partial charge in [-0.25, -0.2) is 0 Å². The van der Waals surface area contributed by atoms with Gasteiger partial charge in [0.2, 0.25) is 5.95 Å². The van der Waals surface area contributed by atoms with Crippen molar-refractivity contribution in [1.29, 1.82) is 0 Å². The van der Waals surface area contributed by atoms with Crippen LogP contribution in [0.2, 0.25) is 0 Å². The van der Waals surface area contributed by atoms with E-state index in [2.05, 4.69) is 39.2 Å². The molecule has 2 heterocycles. The van der Waals surface area contributed by atoms with Crippen molar-refractivity contribution in [3.8, 4) is 0 Å². The molecule has 1 saturated carbocycles. The molecule has 1 aliphatic heterocycles. The molecule has 2 aliphatic rings. The summed E-state index contributed by atoms with van der Waals surface area (Å²) < 4.78 is 2.23. The summed E-state index contributed by atoms with van der Waals surface area (Å²) in [6.07, 6.45) is 8.09. The molecular formula is C15H27N5. The Bertz CT molecular complexity index is 441. The highest BCUT2D eigenvalue weighted by Crippen LogP contribution is 2.36. The van der Waals surface area contributed by atoms with Gasteiger partial charge in [-0.05, 0) is 45.4 Å². The van der Waals surface area contributed by atoms with Crippen molar-refractivity contribution >= 4 is 5.95 Å². The van der Waals surface area contributed by atoms with Crippen molar-refractivity contribution < 1.29 is 0 Å². The minimum absolute atomic E-state index is 0.384. The van der Waals surface area contributed by atoms with Crippen LogP contribution in [0.25, 0.3) is 0 Å². The lowest BCUT2D eigenvalue weighted by Crippen LogP contribution is -2.45. The summed E-state index contributed by atoms with van der Waals surface area (Å²) in [5.74, 6) is 2.93. The standard InChI is InChI=1S/C15H27N5/c1-3-16-15-19-18-14(20(15)4-2)13-10-9-11-7-5-6-8-12(11)17-13/h11-13,17H,3-10H2,1-2H3,(H,16,19). The first kappa shape index (κ1) is 13.9. The summed E-state index contributed by atoms with van der Waals surface area (Å²) in [6, 6.07) is 1.08. The largest absolute Gasteiger partial charge is 0.355 e. The fraction of sp³-hybridized carbons (Fsp3) is 0.867. The van der Waals surface area contributed by atoms with E-state index >= 15 is 0 Å². The Labute approximate surface area is 121 Å². The fourth-order valence-corrected chi connectivity index (χ4v) is 3.87. The van der Waals surface area contributed by atoms with Crippen molar-refractivity contribution in [3.63, 3.8) is 0 Å². The van der Waals surface area contributed by atoms with Crippen LogP contribution in [0.4, 0.5) is 5.95 Å². The number of rotatable bonds is 4. The summed E-state index contributed by atoms with van der Waals surface area (Å²) in [6.45, 7) is 6.08. The van der Waals surface area contributed by atoms with E-state index < -0.39 is 0 Å². The van der Waals surface area contributed by atoms with Crippen LogP contribution in [0.15, 0.2) is 0 Å². The van der Waals surface area contributed by atoms with E-state index in [0.717, 1.165) is 30.8 Å². The SMILES string of the molecule is CCNc1nnc(C2CCC3CCCCC3N2)n1CC. The summed E-state index contributed by atoms with van der Waals surface area (Å²) in [5, 5.41) is 15.9. The topological polar surface area (TPSA) is 54.8 Å².